The maximum Gasteiger partial charge on any atom is 0.472 e. The molecule has 3 atom stereocenters. The minimum absolute atomic E-state index is 0.141. The normalized spacial score (nSPS) is 14.5. The Labute approximate surface area is 358 Å². The molecule has 0 aliphatic carbocycles. The first-order valence-electron chi connectivity index (χ1n) is 22.9. The summed E-state index contributed by atoms with van der Waals surface area (Å²) in [5, 5.41) is 18.4. The summed E-state index contributed by atoms with van der Waals surface area (Å²) < 4.78 is 32.7. The zero-order chi connectivity index (χ0) is 43.3. The van der Waals surface area contributed by atoms with Crippen LogP contribution < -0.4 is 0 Å². The Hall–Kier alpha value is -2.59. The van der Waals surface area contributed by atoms with E-state index < -0.39 is 51.8 Å². The zero-order valence-corrected chi connectivity index (χ0v) is 37.8. The third kappa shape index (κ3) is 43.3. The molecule has 0 amide bonds. The van der Waals surface area contributed by atoms with Gasteiger partial charge in [0, 0.05) is 12.8 Å². The Morgan fingerprint density at radius 1 is 0.508 bits per heavy atom. The van der Waals surface area contributed by atoms with Crippen molar-refractivity contribution in [1.29, 1.82) is 0 Å². The lowest BCUT2D eigenvalue weighted by Crippen LogP contribution is -2.29. The highest BCUT2D eigenvalue weighted by Gasteiger charge is 2.27. The summed E-state index contributed by atoms with van der Waals surface area (Å²) in [6.07, 6.45) is 50.0. The van der Waals surface area contributed by atoms with Crippen molar-refractivity contribution in [1.82, 2.24) is 0 Å². The highest BCUT2D eigenvalue weighted by atomic mass is 31.2. The number of allylic oxidation sites excluding steroid dienone is 12. The molecule has 0 saturated heterocycles. The maximum absolute atomic E-state index is 12.6. The third-order valence-corrected chi connectivity index (χ3v) is 10.3. The number of unbranched alkanes of at least 4 members (excludes halogenated alkanes) is 16. The molecule has 0 aliphatic heterocycles. The first-order valence-corrected chi connectivity index (χ1v) is 24.4. The van der Waals surface area contributed by atoms with Gasteiger partial charge in [-0.2, -0.15) is 0 Å². The lowest BCUT2D eigenvalue weighted by atomic mass is 10.1. The van der Waals surface area contributed by atoms with E-state index in [4.69, 9.17) is 23.6 Å². The van der Waals surface area contributed by atoms with Gasteiger partial charge >= 0.3 is 19.8 Å². The van der Waals surface area contributed by atoms with E-state index in [1.807, 2.05) is 0 Å². The molecule has 0 saturated carbocycles. The van der Waals surface area contributed by atoms with Crippen LogP contribution in [0.15, 0.2) is 72.9 Å². The van der Waals surface area contributed by atoms with E-state index >= 15 is 0 Å². The minimum Gasteiger partial charge on any atom is -0.462 e. The van der Waals surface area contributed by atoms with Gasteiger partial charge < -0.3 is 24.6 Å². The fraction of sp³-hybridized carbons (Fsp3) is 0.708. The Kier molecular flexibility index (Phi) is 41.6. The van der Waals surface area contributed by atoms with Crippen molar-refractivity contribution in [3.63, 3.8) is 0 Å². The number of hydrogen-bond donors (Lipinski definition) is 3. The number of phosphoric ester groups is 1. The Morgan fingerprint density at radius 3 is 1.34 bits per heavy atom. The van der Waals surface area contributed by atoms with Crippen molar-refractivity contribution in [2.24, 2.45) is 0 Å². The summed E-state index contributed by atoms with van der Waals surface area (Å²) in [4.78, 5) is 35.0. The smallest absolute Gasteiger partial charge is 0.462 e. The molecule has 340 valence electrons. The van der Waals surface area contributed by atoms with E-state index in [-0.39, 0.29) is 19.4 Å². The predicted molar refractivity (Wildman–Crippen MR) is 242 cm³/mol. The monoisotopic (exact) mass is 851 g/mol. The van der Waals surface area contributed by atoms with E-state index in [0.29, 0.717) is 12.8 Å². The quantitative estimate of drug-likeness (QED) is 0.0234. The summed E-state index contributed by atoms with van der Waals surface area (Å²) in [5.74, 6) is -0.974. The van der Waals surface area contributed by atoms with Crippen molar-refractivity contribution in [3.8, 4) is 0 Å². The van der Waals surface area contributed by atoms with Gasteiger partial charge in [0.25, 0.3) is 0 Å². The molecule has 0 radical (unpaired) electrons. The fourth-order valence-corrected chi connectivity index (χ4v) is 6.56. The average molecular weight is 851 g/mol. The van der Waals surface area contributed by atoms with Crippen molar-refractivity contribution < 1.29 is 47.8 Å². The van der Waals surface area contributed by atoms with Crippen LogP contribution in [-0.4, -0.2) is 65.7 Å². The number of aliphatic hydroxyl groups is 2. The predicted octanol–water partition coefficient (Wildman–Crippen LogP) is 12.4. The number of carbonyl (C=O) groups is 2. The number of aliphatic hydroxyl groups excluding tert-OH is 2. The van der Waals surface area contributed by atoms with Crippen LogP contribution in [-0.2, 0) is 32.7 Å². The maximum atomic E-state index is 12.6. The van der Waals surface area contributed by atoms with Crippen LogP contribution in [0.5, 0.6) is 0 Å². The van der Waals surface area contributed by atoms with Crippen molar-refractivity contribution in [2.45, 2.75) is 193 Å². The van der Waals surface area contributed by atoms with Crippen LogP contribution in [0.4, 0.5) is 0 Å². The molecule has 0 fully saturated rings. The second kappa shape index (κ2) is 43.5. The number of hydrogen-bond acceptors (Lipinski definition) is 9. The van der Waals surface area contributed by atoms with Gasteiger partial charge in [-0.15, -0.1) is 0 Å². The SMILES string of the molecule is CCCCC/C=C\C/C=C\C/C=C\C/C=C\CCCCCC(=O)O[C@H](COC(=O)CCCCCCCCC/C=C\C/C=C\CCCCC)COP(=O)(O)OC[C@@H](O)CO. The topological polar surface area (TPSA) is 149 Å². The van der Waals surface area contributed by atoms with Crippen molar-refractivity contribution in [3.05, 3.63) is 72.9 Å². The van der Waals surface area contributed by atoms with Crippen LogP contribution in [0.25, 0.3) is 0 Å². The van der Waals surface area contributed by atoms with E-state index in [0.717, 1.165) is 70.6 Å². The largest absolute Gasteiger partial charge is 0.472 e. The Morgan fingerprint density at radius 2 is 0.881 bits per heavy atom. The van der Waals surface area contributed by atoms with Crippen molar-refractivity contribution in [2.75, 3.05) is 26.4 Å². The molecule has 11 heteroatoms. The average Bonchev–Trinajstić information content (AvgIpc) is 3.22. The summed E-state index contributed by atoms with van der Waals surface area (Å²) in [5.41, 5.74) is 0. The Balaban J connectivity index is 4.36. The molecule has 0 spiro atoms. The van der Waals surface area contributed by atoms with Crippen LogP contribution >= 0.6 is 7.82 Å². The Bertz CT molecular complexity index is 1210. The molecule has 0 heterocycles. The summed E-state index contributed by atoms with van der Waals surface area (Å²) in [7, 11) is -4.63. The molecule has 10 nitrogen and oxygen atoms in total. The summed E-state index contributed by atoms with van der Waals surface area (Å²) in [6, 6.07) is 0. The molecule has 0 aliphatic rings. The minimum atomic E-state index is -4.63. The molecule has 59 heavy (non-hydrogen) atoms. The van der Waals surface area contributed by atoms with Gasteiger partial charge in [-0.05, 0) is 89.9 Å². The molecule has 3 N–H and O–H groups in total. The highest BCUT2D eigenvalue weighted by Crippen LogP contribution is 2.43. The van der Waals surface area contributed by atoms with Gasteiger partial charge in [0.15, 0.2) is 6.10 Å². The zero-order valence-electron chi connectivity index (χ0n) is 36.9. The second-order valence-corrected chi connectivity index (χ2v) is 16.5. The van der Waals surface area contributed by atoms with E-state index in [9.17, 15) is 24.2 Å². The van der Waals surface area contributed by atoms with Gasteiger partial charge in [-0.3, -0.25) is 18.6 Å². The molecule has 0 aromatic heterocycles. The number of phosphoric acid groups is 1. The molecule has 0 rings (SSSR count). The van der Waals surface area contributed by atoms with Crippen LogP contribution in [0.2, 0.25) is 0 Å². The third-order valence-electron chi connectivity index (χ3n) is 9.33. The van der Waals surface area contributed by atoms with Gasteiger partial charge in [0.1, 0.15) is 12.7 Å². The molecule has 1 unspecified atom stereocenters. The number of esters is 2. The van der Waals surface area contributed by atoms with Crippen LogP contribution in [0.3, 0.4) is 0 Å². The molecule has 0 aromatic carbocycles. The summed E-state index contributed by atoms with van der Waals surface area (Å²) >= 11 is 0. The molecule has 0 bridgehead atoms. The number of rotatable bonds is 42. The molecular weight excluding hydrogens is 767 g/mol. The van der Waals surface area contributed by atoms with Crippen LogP contribution in [0.1, 0.15) is 181 Å². The molecular formula is C48H83O10P. The fourth-order valence-electron chi connectivity index (χ4n) is 5.77. The van der Waals surface area contributed by atoms with Gasteiger partial charge in [0.05, 0.1) is 19.8 Å². The second-order valence-electron chi connectivity index (χ2n) is 15.1. The first-order chi connectivity index (χ1) is 28.7. The van der Waals surface area contributed by atoms with Crippen molar-refractivity contribution >= 4 is 19.8 Å². The van der Waals surface area contributed by atoms with E-state index in [1.54, 1.807) is 0 Å². The number of ether oxygens (including phenoxy) is 2. The summed E-state index contributed by atoms with van der Waals surface area (Å²) in [6.45, 7) is 2.28. The highest BCUT2D eigenvalue weighted by molar-refractivity contribution is 7.47. The van der Waals surface area contributed by atoms with Gasteiger partial charge in [0.2, 0.25) is 0 Å². The standard InChI is InChI=1S/C48H83O10P/c1-3-5-7-9-11-13-15-17-19-21-22-24-26-28-30-32-34-36-38-40-48(52)58-46(44-57-59(53,54)56-42-45(50)41-49)43-55-47(51)39-37-35-33-31-29-27-25-23-20-18-16-14-12-10-8-6-4-2/h11-14,17-20,22,24,28,30,45-46,49-50H,3-10,15-16,21,23,25-27,29,31-44H2,1-2H3,(H,53,54)/b13-11-,14-12-,19-17-,20-18-,24-22-,30-28-/t45-,46+/m0/s1. The first kappa shape index (κ1) is 56.4. The van der Waals surface area contributed by atoms with Gasteiger partial charge in [-0.1, -0.05) is 151 Å². The number of carbonyl (C=O) groups excluding carboxylic acids is 2. The van der Waals surface area contributed by atoms with E-state index in [2.05, 4.69) is 86.8 Å². The van der Waals surface area contributed by atoms with Crippen LogP contribution in [0, 0.1) is 0 Å². The van der Waals surface area contributed by atoms with Gasteiger partial charge in [-0.25, -0.2) is 4.57 Å². The lowest BCUT2D eigenvalue weighted by molar-refractivity contribution is -0.161. The lowest BCUT2D eigenvalue weighted by Gasteiger charge is -2.20. The molecule has 0 aromatic rings. The van der Waals surface area contributed by atoms with E-state index in [1.165, 1.54) is 70.6 Å².